The highest BCUT2D eigenvalue weighted by molar-refractivity contribution is 14.1. The summed E-state index contributed by atoms with van der Waals surface area (Å²) in [6.07, 6.45) is 0.792. The highest BCUT2D eigenvalue weighted by atomic mass is 127. The maximum Gasteiger partial charge on any atom is 0.323 e. The molecule has 0 aliphatic carbocycles. The van der Waals surface area contributed by atoms with Crippen molar-refractivity contribution in [3.8, 4) is 0 Å². The van der Waals surface area contributed by atoms with Crippen LogP contribution in [0.2, 0.25) is 0 Å². The van der Waals surface area contributed by atoms with Crippen molar-refractivity contribution in [3.05, 3.63) is 31.9 Å². The monoisotopic (exact) mass is 378 g/mol. The third kappa shape index (κ3) is 4.05. The van der Waals surface area contributed by atoms with Crippen LogP contribution in [-0.4, -0.2) is 28.6 Å². The van der Waals surface area contributed by atoms with E-state index in [0.717, 1.165) is 6.42 Å². The number of rotatable bonds is 6. The molecular formula is C12H15IN2O4. The van der Waals surface area contributed by atoms with Crippen molar-refractivity contribution >= 4 is 39.9 Å². The fraction of sp³-hybridized carbons (Fsp3) is 0.417. The van der Waals surface area contributed by atoms with Gasteiger partial charge in [0.05, 0.1) is 10.6 Å². The largest absolute Gasteiger partial charge is 0.480 e. The van der Waals surface area contributed by atoms with Crippen LogP contribution in [0.3, 0.4) is 0 Å². The zero-order valence-electron chi connectivity index (χ0n) is 10.7. The number of nitrogens with zero attached hydrogens (tertiary/aromatic N) is 2. The Hall–Kier alpha value is -1.38. The molecule has 0 amide bonds. The predicted octanol–water partition coefficient (Wildman–Crippen LogP) is 2.89. The lowest BCUT2D eigenvalue weighted by Gasteiger charge is -2.29. The molecule has 1 atom stereocenters. The second kappa shape index (κ2) is 6.69. The summed E-state index contributed by atoms with van der Waals surface area (Å²) < 4.78 is 0.674. The maximum absolute atomic E-state index is 10.9. The topological polar surface area (TPSA) is 83.7 Å². The first-order valence-corrected chi connectivity index (χ1v) is 6.87. The van der Waals surface area contributed by atoms with E-state index in [1.54, 1.807) is 11.0 Å². The van der Waals surface area contributed by atoms with Gasteiger partial charge in [0.15, 0.2) is 0 Å². The minimum Gasteiger partial charge on any atom is -0.480 e. The van der Waals surface area contributed by atoms with Crippen LogP contribution in [-0.2, 0) is 4.79 Å². The van der Waals surface area contributed by atoms with Crippen molar-refractivity contribution < 1.29 is 14.8 Å². The van der Waals surface area contributed by atoms with Gasteiger partial charge in [-0.2, -0.15) is 0 Å². The van der Waals surface area contributed by atoms with Crippen LogP contribution in [0.4, 0.5) is 11.4 Å². The first-order chi connectivity index (χ1) is 8.86. The van der Waals surface area contributed by atoms with Crippen LogP contribution in [0.25, 0.3) is 0 Å². The van der Waals surface area contributed by atoms with Crippen LogP contribution in [0.15, 0.2) is 18.2 Å². The van der Waals surface area contributed by atoms with Crippen molar-refractivity contribution in [2.45, 2.75) is 26.3 Å². The number of aliphatic carboxylic acids is 1. The fourth-order valence-electron chi connectivity index (χ4n) is 1.69. The average Bonchev–Trinajstić information content (AvgIpc) is 2.35. The first-order valence-electron chi connectivity index (χ1n) is 5.79. The van der Waals surface area contributed by atoms with Gasteiger partial charge in [-0.3, -0.25) is 14.9 Å². The van der Waals surface area contributed by atoms with Gasteiger partial charge in [-0.15, -0.1) is 0 Å². The van der Waals surface area contributed by atoms with Gasteiger partial charge in [0.25, 0.3) is 5.69 Å². The van der Waals surface area contributed by atoms with Crippen molar-refractivity contribution in [1.82, 2.24) is 0 Å². The van der Waals surface area contributed by atoms with E-state index in [1.807, 2.05) is 36.4 Å². The van der Waals surface area contributed by atoms with E-state index >= 15 is 0 Å². The molecule has 1 unspecified atom stereocenters. The second-order valence-corrected chi connectivity index (χ2v) is 5.33. The van der Waals surface area contributed by atoms with Crippen LogP contribution in [0.1, 0.15) is 20.3 Å². The normalized spacial score (nSPS) is 11.9. The van der Waals surface area contributed by atoms with Gasteiger partial charge in [-0.05, 0) is 42.0 Å². The van der Waals surface area contributed by atoms with Crippen molar-refractivity contribution in [2.24, 2.45) is 0 Å². The van der Waals surface area contributed by atoms with Crippen molar-refractivity contribution in [2.75, 3.05) is 11.4 Å². The van der Waals surface area contributed by atoms with E-state index in [4.69, 9.17) is 5.11 Å². The first kappa shape index (κ1) is 15.7. The van der Waals surface area contributed by atoms with Crippen LogP contribution < -0.4 is 4.90 Å². The molecule has 1 N–H and O–H groups in total. The fourth-order valence-corrected chi connectivity index (χ4v) is 2.50. The molecule has 1 aromatic carbocycles. The molecule has 0 aliphatic rings. The number of nitro groups is 1. The molecule has 0 saturated carbocycles. The van der Waals surface area contributed by atoms with Gasteiger partial charge < -0.3 is 10.0 Å². The summed E-state index contributed by atoms with van der Waals surface area (Å²) >= 11 is 1.99. The molecule has 0 radical (unpaired) electrons. The molecule has 7 heteroatoms. The lowest BCUT2D eigenvalue weighted by atomic mass is 10.1. The molecule has 1 aromatic rings. The summed E-state index contributed by atoms with van der Waals surface area (Å²) in [4.78, 5) is 22.9. The summed E-state index contributed by atoms with van der Waals surface area (Å²) in [5.74, 6) is -0.922. The molecule has 6 nitrogen and oxygen atoms in total. The molecule has 0 fully saturated rings. The molecule has 0 saturated heterocycles. The molecule has 0 aliphatic heterocycles. The van der Waals surface area contributed by atoms with Crippen molar-refractivity contribution in [3.63, 3.8) is 0 Å². The zero-order chi connectivity index (χ0) is 14.6. The number of nitro benzene ring substituents is 1. The molecule has 0 aromatic heterocycles. The van der Waals surface area contributed by atoms with Gasteiger partial charge in [-0.25, -0.2) is 0 Å². The number of hydrogen-bond donors (Lipinski definition) is 1. The van der Waals surface area contributed by atoms with Crippen LogP contribution >= 0.6 is 22.6 Å². The van der Waals surface area contributed by atoms with Gasteiger partial charge >= 0.3 is 5.97 Å². The number of anilines is 1. The average molecular weight is 378 g/mol. The van der Waals surface area contributed by atoms with Crippen LogP contribution in [0.5, 0.6) is 0 Å². The Morgan fingerprint density at radius 2 is 2.21 bits per heavy atom. The number of non-ortho nitro benzene ring substituents is 1. The lowest BCUT2D eigenvalue weighted by Crippen LogP contribution is -2.37. The Balaban J connectivity index is 3.15. The zero-order valence-corrected chi connectivity index (χ0v) is 12.8. The number of carboxylic acids is 1. The molecule has 1 rings (SSSR count). The summed E-state index contributed by atoms with van der Waals surface area (Å²) in [7, 11) is 0. The molecule has 104 valence electrons. The number of benzene rings is 1. The van der Waals surface area contributed by atoms with E-state index in [0.29, 0.717) is 9.26 Å². The highest BCUT2D eigenvalue weighted by Gasteiger charge is 2.20. The predicted molar refractivity (Wildman–Crippen MR) is 80.5 cm³/mol. The molecule has 19 heavy (non-hydrogen) atoms. The molecule has 0 heterocycles. The lowest BCUT2D eigenvalue weighted by molar-refractivity contribution is -0.384. The quantitative estimate of drug-likeness (QED) is 0.468. The Bertz CT molecular complexity index is 493. The van der Waals surface area contributed by atoms with E-state index in [1.165, 1.54) is 12.1 Å². The number of carbonyl (C=O) groups is 1. The van der Waals surface area contributed by atoms with Gasteiger partial charge in [0.1, 0.15) is 6.54 Å². The van der Waals surface area contributed by atoms with E-state index in [-0.39, 0.29) is 18.3 Å². The third-order valence-corrected chi connectivity index (χ3v) is 3.74. The Labute approximate surface area is 124 Å². The Morgan fingerprint density at radius 3 is 2.63 bits per heavy atom. The number of halogens is 1. The Morgan fingerprint density at radius 1 is 1.58 bits per heavy atom. The molecule has 0 bridgehead atoms. The minimum absolute atomic E-state index is 0.00702. The minimum atomic E-state index is -0.922. The Kier molecular flexibility index (Phi) is 5.52. The SMILES string of the molecule is CCC(C)N(CC(=O)O)c1ccc([N+](=O)[O-])cc1I. The van der Waals surface area contributed by atoms with E-state index in [2.05, 4.69) is 0 Å². The second-order valence-electron chi connectivity index (χ2n) is 4.17. The smallest absolute Gasteiger partial charge is 0.323 e. The maximum atomic E-state index is 10.9. The number of hydrogen-bond acceptors (Lipinski definition) is 4. The van der Waals surface area contributed by atoms with Gasteiger partial charge in [0.2, 0.25) is 0 Å². The summed E-state index contributed by atoms with van der Waals surface area (Å²) in [6.45, 7) is 3.78. The summed E-state index contributed by atoms with van der Waals surface area (Å²) in [6, 6.07) is 4.50. The van der Waals surface area contributed by atoms with Crippen LogP contribution in [0, 0.1) is 13.7 Å². The van der Waals surface area contributed by atoms with E-state index < -0.39 is 10.9 Å². The molecule has 0 spiro atoms. The molecular weight excluding hydrogens is 363 g/mol. The highest BCUT2D eigenvalue weighted by Crippen LogP contribution is 2.28. The third-order valence-electron chi connectivity index (χ3n) is 2.88. The summed E-state index contributed by atoms with van der Waals surface area (Å²) in [5, 5.41) is 19.7. The number of carboxylic acid groups (broad SMARTS) is 1. The van der Waals surface area contributed by atoms with Gasteiger partial charge in [-0.1, -0.05) is 6.92 Å². The summed E-state index contributed by atoms with van der Waals surface area (Å²) in [5.41, 5.74) is 0.718. The van der Waals surface area contributed by atoms with Crippen molar-refractivity contribution in [1.29, 1.82) is 0 Å². The van der Waals surface area contributed by atoms with E-state index in [9.17, 15) is 14.9 Å². The van der Waals surface area contributed by atoms with Gasteiger partial charge in [0, 0.05) is 21.7 Å². The standard InChI is InChI=1S/C12H15IN2O4/c1-3-8(2)14(7-12(16)17)11-5-4-9(15(18)19)6-10(11)13/h4-6,8H,3,7H2,1-2H3,(H,16,17).